The van der Waals surface area contributed by atoms with Crippen molar-refractivity contribution in [3.05, 3.63) is 0 Å². The fourth-order valence-electron chi connectivity index (χ4n) is 4.94. The molecule has 0 bridgehead atoms. The quantitative estimate of drug-likeness (QED) is 0.833. The topological polar surface area (TPSA) is 33.7 Å². The average Bonchev–Trinajstić information content (AvgIpc) is 3.14. The van der Waals surface area contributed by atoms with E-state index in [9.17, 15) is 0 Å². The fourth-order valence-corrected chi connectivity index (χ4v) is 4.94. The number of rotatable bonds is 2. The van der Waals surface area contributed by atoms with Crippen molar-refractivity contribution in [3.63, 3.8) is 0 Å². The summed E-state index contributed by atoms with van der Waals surface area (Å²) in [6, 6.07) is 0. The molecule has 3 heterocycles. The second-order valence-corrected chi connectivity index (χ2v) is 7.75. The van der Waals surface area contributed by atoms with Crippen LogP contribution in [-0.2, 0) is 9.47 Å². The predicted molar refractivity (Wildman–Crippen MR) is 77.5 cm³/mol. The smallest absolute Gasteiger partial charge is 0.168 e. The summed E-state index contributed by atoms with van der Waals surface area (Å²) in [6.45, 7) is 10.2. The summed E-state index contributed by atoms with van der Waals surface area (Å²) in [7, 11) is 0. The van der Waals surface area contributed by atoms with Gasteiger partial charge >= 0.3 is 0 Å². The third kappa shape index (κ3) is 2.04. The molecule has 1 saturated carbocycles. The first-order chi connectivity index (χ1) is 9.59. The Morgan fingerprint density at radius 3 is 2.75 bits per heavy atom. The molecular formula is C16H28N2O2. The summed E-state index contributed by atoms with van der Waals surface area (Å²) < 4.78 is 12.3. The van der Waals surface area contributed by atoms with Crippen molar-refractivity contribution in [2.75, 3.05) is 32.8 Å². The van der Waals surface area contributed by atoms with Gasteiger partial charge in [-0.05, 0) is 45.1 Å². The molecule has 3 unspecified atom stereocenters. The number of fused-ring (bicyclic) bond motifs is 1. The highest BCUT2D eigenvalue weighted by molar-refractivity contribution is 5.05. The first-order valence-electron chi connectivity index (χ1n) is 8.37. The Kier molecular flexibility index (Phi) is 3.15. The molecular weight excluding hydrogens is 252 g/mol. The number of hydrogen-bond acceptors (Lipinski definition) is 4. The molecule has 4 aliphatic rings. The Balaban J connectivity index is 1.40. The predicted octanol–water partition coefficient (Wildman–Crippen LogP) is 1.60. The molecule has 0 aromatic carbocycles. The molecule has 1 N–H and O–H groups in total. The highest BCUT2D eigenvalue weighted by Crippen LogP contribution is 2.43. The van der Waals surface area contributed by atoms with Gasteiger partial charge in [0.2, 0.25) is 0 Å². The molecule has 4 heteroatoms. The van der Waals surface area contributed by atoms with Crippen LogP contribution in [-0.4, -0.2) is 55.1 Å². The van der Waals surface area contributed by atoms with Crippen molar-refractivity contribution < 1.29 is 9.47 Å². The molecule has 20 heavy (non-hydrogen) atoms. The van der Waals surface area contributed by atoms with E-state index in [0.29, 0.717) is 5.54 Å². The van der Waals surface area contributed by atoms with Gasteiger partial charge in [-0.15, -0.1) is 0 Å². The number of likely N-dealkylation sites (tertiary alicyclic amines) is 1. The van der Waals surface area contributed by atoms with Crippen molar-refractivity contribution in [2.24, 2.45) is 11.8 Å². The molecule has 0 aromatic rings. The number of ether oxygens (including phenoxy) is 2. The molecule has 1 aliphatic carbocycles. The first-order valence-corrected chi connectivity index (χ1v) is 8.37. The monoisotopic (exact) mass is 280 g/mol. The molecule has 3 atom stereocenters. The molecule has 4 fully saturated rings. The van der Waals surface area contributed by atoms with Crippen LogP contribution in [0.2, 0.25) is 0 Å². The number of hydrogen-bond donors (Lipinski definition) is 1. The van der Waals surface area contributed by atoms with Gasteiger partial charge in [-0.25, -0.2) is 0 Å². The normalized spacial score (nSPS) is 42.6. The van der Waals surface area contributed by atoms with Crippen molar-refractivity contribution in [1.29, 1.82) is 0 Å². The zero-order valence-electron chi connectivity index (χ0n) is 12.9. The molecule has 114 valence electrons. The van der Waals surface area contributed by atoms with E-state index in [1.807, 2.05) is 0 Å². The van der Waals surface area contributed by atoms with E-state index in [1.165, 1.54) is 32.5 Å². The van der Waals surface area contributed by atoms with Crippen LogP contribution < -0.4 is 5.32 Å². The molecule has 4 nitrogen and oxygen atoms in total. The van der Waals surface area contributed by atoms with Gasteiger partial charge in [0.05, 0.1) is 12.7 Å². The second kappa shape index (κ2) is 4.67. The Hall–Kier alpha value is -0.160. The van der Waals surface area contributed by atoms with E-state index in [0.717, 1.165) is 37.8 Å². The van der Waals surface area contributed by atoms with Crippen LogP contribution in [0.4, 0.5) is 0 Å². The van der Waals surface area contributed by atoms with Crippen molar-refractivity contribution in [2.45, 2.75) is 57.0 Å². The van der Waals surface area contributed by atoms with Crippen LogP contribution >= 0.6 is 0 Å². The maximum atomic E-state index is 6.31. The van der Waals surface area contributed by atoms with Gasteiger partial charge in [0.25, 0.3) is 0 Å². The Morgan fingerprint density at radius 1 is 1.20 bits per heavy atom. The average molecular weight is 280 g/mol. The number of nitrogens with zero attached hydrogens (tertiary/aromatic N) is 1. The third-order valence-electron chi connectivity index (χ3n) is 6.22. The lowest BCUT2D eigenvalue weighted by Crippen LogP contribution is -2.48. The Labute approximate surface area is 122 Å². The van der Waals surface area contributed by atoms with E-state index in [4.69, 9.17) is 9.47 Å². The van der Waals surface area contributed by atoms with Crippen LogP contribution in [0.15, 0.2) is 0 Å². The largest absolute Gasteiger partial charge is 0.347 e. The van der Waals surface area contributed by atoms with Crippen LogP contribution in [0.25, 0.3) is 0 Å². The lowest BCUT2D eigenvalue weighted by atomic mass is 9.85. The minimum absolute atomic E-state index is 0.202. The van der Waals surface area contributed by atoms with Crippen LogP contribution in [0.5, 0.6) is 0 Å². The minimum Gasteiger partial charge on any atom is -0.347 e. The van der Waals surface area contributed by atoms with Crippen LogP contribution in [0.3, 0.4) is 0 Å². The van der Waals surface area contributed by atoms with Gasteiger partial charge in [-0.2, -0.15) is 0 Å². The highest BCUT2D eigenvalue weighted by atomic mass is 16.7. The standard InChI is InChI=1S/C16H28N2O2/c1-15(2)14-8-17-7-12(14)9-18(15)10-13-11-19-16(20-13)5-3-4-6-16/h12-14,17H,3-11H2,1-2H3. The Bertz CT molecular complexity index is 379. The maximum absolute atomic E-state index is 6.31. The van der Waals surface area contributed by atoms with E-state index < -0.39 is 0 Å². The molecule has 1 spiro atoms. The highest BCUT2D eigenvalue weighted by Gasteiger charge is 2.51. The van der Waals surface area contributed by atoms with Crippen molar-refractivity contribution >= 4 is 0 Å². The zero-order chi connectivity index (χ0) is 13.8. The van der Waals surface area contributed by atoms with E-state index in [1.54, 1.807) is 0 Å². The van der Waals surface area contributed by atoms with Gasteiger partial charge in [0.15, 0.2) is 5.79 Å². The van der Waals surface area contributed by atoms with Gasteiger partial charge in [0.1, 0.15) is 0 Å². The lowest BCUT2D eigenvalue weighted by molar-refractivity contribution is -0.164. The van der Waals surface area contributed by atoms with Gasteiger partial charge in [-0.3, -0.25) is 4.90 Å². The summed E-state index contributed by atoms with van der Waals surface area (Å²) in [6.07, 6.45) is 5.00. The lowest BCUT2D eigenvalue weighted by Gasteiger charge is -2.37. The summed E-state index contributed by atoms with van der Waals surface area (Å²) in [4.78, 5) is 2.66. The molecule has 4 rings (SSSR count). The summed E-state index contributed by atoms with van der Waals surface area (Å²) in [5.74, 6) is 1.42. The number of nitrogens with one attached hydrogen (secondary N) is 1. The van der Waals surface area contributed by atoms with Gasteiger partial charge < -0.3 is 14.8 Å². The zero-order valence-corrected chi connectivity index (χ0v) is 12.9. The summed E-state index contributed by atoms with van der Waals surface area (Å²) >= 11 is 0. The van der Waals surface area contributed by atoms with E-state index in [2.05, 4.69) is 24.1 Å². The van der Waals surface area contributed by atoms with Crippen molar-refractivity contribution in [3.8, 4) is 0 Å². The first kappa shape index (κ1) is 13.5. The Morgan fingerprint density at radius 2 is 2.00 bits per heavy atom. The molecule has 3 saturated heterocycles. The van der Waals surface area contributed by atoms with E-state index in [-0.39, 0.29) is 11.9 Å². The third-order valence-corrected chi connectivity index (χ3v) is 6.22. The van der Waals surface area contributed by atoms with Crippen LogP contribution in [0, 0.1) is 11.8 Å². The van der Waals surface area contributed by atoms with Crippen LogP contribution in [0.1, 0.15) is 39.5 Å². The van der Waals surface area contributed by atoms with Crippen molar-refractivity contribution in [1.82, 2.24) is 10.2 Å². The maximum Gasteiger partial charge on any atom is 0.168 e. The van der Waals surface area contributed by atoms with Gasteiger partial charge in [-0.1, -0.05) is 0 Å². The minimum atomic E-state index is -0.202. The molecule has 0 radical (unpaired) electrons. The van der Waals surface area contributed by atoms with E-state index >= 15 is 0 Å². The second-order valence-electron chi connectivity index (χ2n) is 7.75. The molecule has 0 amide bonds. The summed E-state index contributed by atoms with van der Waals surface area (Å²) in [5, 5.41) is 3.55. The fraction of sp³-hybridized carbons (Fsp3) is 1.00. The SMILES string of the molecule is CC1(C)C2CNCC2CN1CC1COC2(CCCC2)O1. The molecule has 3 aliphatic heterocycles. The molecule has 0 aromatic heterocycles. The van der Waals surface area contributed by atoms with Gasteiger partial charge in [0, 0.05) is 38.0 Å². The summed E-state index contributed by atoms with van der Waals surface area (Å²) in [5.41, 5.74) is 0.295.